The molecule has 2 aliphatic rings. The van der Waals surface area contributed by atoms with Gasteiger partial charge in [-0.25, -0.2) is 0 Å². The predicted molar refractivity (Wildman–Crippen MR) is 192 cm³/mol. The molecule has 1 fully saturated rings. The summed E-state index contributed by atoms with van der Waals surface area (Å²) in [5.41, 5.74) is 18.4. The van der Waals surface area contributed by atoms with Crippen LogP contribution >= 0.6 is 0 Å². The lowest BCUT2D eigenvalue weighted by Gasteiger charge is -2.28. The first-order valence-corrected chi connectivity index (χ1v) is 16.1. The lowest BCUT2D eigenvalue weighted by atomic mass is 9.75. The van der Waals surface area contributed by atoms with E-state index in [1.807, 2.05) is 0 Å². The third-order valence-electron chi connectivity index (χ3n) is 9.67. The van der Waals surface area contributed by atoms with Crippen LogP contribution in [0.15, 0.2) is 168 Å². The normalized spacial score (nSPS) is 18.1. The molecule has 45 heavy (non-hydrogen) atoms. The van der Waals surface area contributed by atoms with Crippen LogP contribution in [0, 0.1) is 18.3 Å². The molecular weight excluding hydrogens is 540 g/mol. The average molecular weight is 581 g/mol. The van der Waals surface area contributed by atoms with Crippen LogP contribution in [0.3, 0.4) is 0 Å². The Morgan fingerprint density at radius 3 is 1.73 bits per heavy atom. The second kappa shape index (κ2) is 11.5. The summed E-state index contributed by atoms with van der Waals surface area (Å²) in [4.78, 5) is 0. The summed E-state index contributed by atoms with van der Waals surface area (Å²) in [7, 11) is 0. The first-order valence-electron chi connectivity index (χ1n) is 16.1. The van der Waals surface area contributed by atoms with Gasteiger partial charge in [-0.1, -0.05) is 165 Å². The monoisotopic (exact) mass is 580 g/mol. The molecule has 0 aliphatic heterocycles. The van der Waals surface area contributed by atoms with E-state index >= 15 is 0 Å². The fraction of sp³-hybridized carbons (Fsp3) is 0.156. The van der Waals surface area contributed by atoms with Crippen LogP contribution in [-0.4, -0.2) is 0 Å². The summed E-state index contributed by atoms with van der Waals surface area (Å²) in [6.45, 7) is 11.8. The maximum atomic E-state index is 2.59. The van der Waals surface area contributed by atoms with Crippen LogP contribution < -0.4 is 0 Å². The third kappa shape index (κ3) is 4.86. The van der Waals surface area contributed by atoms with Crippen molar-refractivity contribution in [3.63, 3.8) is 0 Å². The molecule has 220 valence electrons. The van der Waals surface area contributed by atoms with Gasteiger partial charge in [0.1, 0.15) is 0 Å². The molecule has 0 saturated heterocycles. The van der Waals surface area contributed by atoms with Crippen molar-refractivity contribution in [2.45, 2.75) is 34.6 Å². The minimum Gasteiger partial charge on any atom is -0.0720 e. The number of hydrogen-bond acceptors (Lipinski definition) is 0. The van der Waals surface area contributed by atoms with Gasteiger partial charge in [0.15, 0.2) is 0 Å². The molecule has 0 heteroatoms. The minimum absolute atomic E-state index is 0.0672. The minimum atomic E-state index is -0.220. The van der Waals surface area contributed by atoms with Gasteiger partial charge in [-0.3, -0.25) is 0 Å². The fourth-order valence-corrected chi connectivity index (χ4v) is 8.01. The molecule has 5 aromatic carbocycles. The molecule has 0 bridgehead atoms. The van der Waals surface area contributed by atoms with Crippen LogP contribution in [0.1, 0.15) is 66.6 Å². The number of hydrogen-bond donors (Lipinski definition) is 0. The van der Waals surface area contributed by atoms with Crippen LogP contribution in [-0.2, 0) is 0 Å². The highest BCUT2D eigenvalue weighted by molar-refractivity contribution is 5.99. The Labute approximate surface area is 268 Å². The Morgan fingerprint density at radius 1 is 0.578 bits per heavy atom. The van der Waals surface area contributed by atoms with Crippen LogP contribution in [0.5, 0.6) is 0 Å². The maximum Gasteiger partial charge on any atom is 0.0265 e. The number of benzene rings is 5. The molecule has 0 heterocycles. The lowest BCUT2D eigenvalue weighted by Crippen LogP contribution is -2.15. The van der Waals surface area contributed by atoms with Gasteiger partial charge >= 0.3 is 0 Å². The molecule has 0 N–H and O–H groups in total. The highest BCUT2D eigenvalue weighted by atomic mass is 14.5. The van der Waals surface area contributed by atoms with E-state index < -0.39 is 0 Å². The van der Waals surface area contributed by atoms with E-state index in [4.69, 9.17) is 0 Å². The highest BCUT2D eigenvalue weighted by Crippen LogP contribution is 2.62. The largest absolute Gasteiger partial charge is 0.0720 e. The molecule has 1 atom stereocenters. The van der Waals surface area contributed by atoms with Crippen molar-refractivity contribution in [2.75, 3.05) is 0 Å². The van der Waals surface area contributed by atoms with Crippen molar-refractivity contribution in [1.82, 2.24) is 0 Å². The number of aryl methyl sites for hydroxylation is 1. The Bertz CT molecular complexity index is 2010. The zero-order valence-corrected chi connectivity index (χ0v) is 26.9. The topological polar surface area (TPSA) is 0 Å². The Kier molecular flexibility index (Phi) is 7.38. The van der Waals surface area contributed by atoms with Gasteiger partial charge in [0, 0.05) is 11.3 Å². The summed E-state index contributed by atoms with van der Waals surface area (Å²) < 4.78 is 0. The second-order valence-corrected chi connectivity index (χ2v) is 13.1. The molecule has 1 unspecified atom stereocenters. The van der Waals surface area contributed by atoms with E-state index in [-0.39, 0.29) is 11.3 Å². The number of rotatable bonds is 4. The first-order chi connectivity index (χ1) is 21.9. The summed E-state index contributed by atoms with van der Waals surface area (Å²) in [6, 6.07) is 51.1. The number of fused-ring (bicyclic) bond motifs is 2. The molecule has 0 amide bonds. The lowest BCUT2D eigenvalue weighted by molar-refractivity contribution is 0.561. The Morgan fingerprint density at radius 2 is 1.11 bits per heavy atom. The maximum absolute atomic E-state index is 2.59. The van der Waals surface area contributed by atoms with Gasteiger partial charge < -0.3 is 0 Å². The van der Waals surface area contributed by atoms with Gasteiger partial charge in [0.2, 0.25) is 0 Å². The van der Waals surface area contributed by atoms with Crippen molar-refractivity contribution >= 4 is 16.7 Å². The van der Waals surface area contributed by atoms with Crippen molar-refractivity contribution in [1.29, 1.82) is 0 Å². The summed E-state index contributed by atoms with van der Waals surface area (Å²) in [6.07, 6.45) is 2.59. The zero-order chi connectivity index (χ0) is 31.1. The quantitative estimate of drug-likeness (QED) is 0.198. The Balaban J connectivity index is 1.72. The molecule has 5 aromatic rings. The SMILES string of the molecule is CC(C)=C1/C(=C(\c2ccccc2)c2ccccc2C)C2C=C(c3ccccc3)c3ccccc3C(c3ccccc3)=C2C1(C)C. The van der Waals surface area contributed by atoms with E-state index in [9.17, 15) is 0 Å². The van der Waals surface area contributed by atoms with Crippen molar-refractivity contribution < 1.29 is 0 Å². The summed E-state index contributed by atoms with van der Waals surface area (Å²) >= 11 is 0. The molecule has 7 rings (SSSR count). The van der Waals surface area contributed by atoms with Gasteiger partial charge in [-0.05, 0) is 93.2 Å². The van der Waals surface area contributed by atoms with Crippen molar-refractivity contribution in [2.24, 2.45) is 11.3 Å². The molecule has 0 nitrogen and oxygen atoms in total. The molecule has 0 radical (unpaired) electrons. The van der Waals surface area contributed by atoms with Crippen molar-refractivity contribution in [3.05, 3.63) is 207 Å². The van der Waals surface area contributed by atoms with E-state index in [0.29, 0.717) is 0 Å². The van der Waals surface area contributed by atoms with Gasteiger partial charge in [0.05, 0.1) is 0 Å². The van der Waals surface area contributed by atoms with E-state index in [1.165, 1.54) is 78.0 Å². The van der Waals surface area contributed by atoms with E-state index in [1.54, 1.807) is 0 Å². The summed E-state index contributed by atoms with van der Waals surface area (Å²) in [5, 5.41) is 0. The molecule has 0 aromatic heterocycles. The van der Waals surface area contributed by atoms with Gasteiger partial charge in [-0.2, -0.15) is 0 Å². The molecule has 2 aliphatic carbocycles. The summed E-state index contributed by atoms with van der Waals surface area (Å²) in [5.74, 6) is 0.0672. The zero-order valence-electron chi connectivity index (χ0n) is 26.9. The van der Waals surface area contributed by atoms with Crippen molar-refractivity contribution in [3.8, 4) is 0 Å². The van der Waals surface area contributed by atoms with E-state index in [0.717, 1.165) is 0 Å². The first kappa shape index (κ1) is 28.8. The smallest absolute Gasteiger partial charge is 0.0265 e. The third-order valence-corrected chi connectivity index (χ3v) is 9.67. The molecule has 1 saturated carbocycles. The fourth-order valence-electron chi connectivity index (χ4n) is 8.01. The Hall–Kier alpha value is -4.94. The number of allylic oxidation sites excluding steroid dienone is 5. The van der Waals surface area contributed by atoms with Crippen LogP contribution in [0.25, 0.3) is 16.7 Å². The van der Waals surface area contributed by atoms with Gasteiger partial charge in [-0.15, -0.1) is 0 Å². The van der Waals surface area contributed by atoms with Crippen LogP contribution in [0.4, 0.5) is 0 Å². The predicted octanol–water partition coefficient (Wildman–Crippen LogP) is 11.7. The molecule has 0 spiro atoms. The second-order valence-electron chi connectivity index (χ2n) is 13.1. The van der Waals surface area contributed by atoms with Gasteiger partial charge in [0.25, 0.3) is 0 Å². The standard InChI is InChI=1S/C45H40/c1-30(2)43-42(40(33-22-11-7-12-23-33)35-26-16-15-19-31(35)3)39-29-38(32-20-9-6-10-21-32)36-27-17-18-28-37(36)41(44(39)45(43,4)5)34-24-13-8-14-25-34/h6-29,39H,1-5H3/b42-40+. The van der Waals surface area contributed by atoms with E-state index in [2.05, 4.69) is 180 Å². The average Bonchev–Trinajstić information content (AvgIpc) is 3.18. The highest BCUT2D eigenvalue weighted by Gasteiger charge is 2.48. The van der Waals surface area contributed by atoms with Crippen LogP contribution in [0.2, 0.25) is 0 Å². The molecular formula is C45H40.